The van der Waals surface area contributed by atoms with Crippen LogP contribution >= 0.6 is 0 Å². The van der Waals surface area contributed by atoms with Gasteiger partial charge in [0.1, 0.15) is 0 Å². The van der Waals surface area contributed by atoms with Crippen molar-refractivity contribution in [3.05, 3.63) is 182 Å². The van der Waals surface area contributed by atoms with Crippen molar-refractivity contribution in [2.75, 3.05) is 0 Å². The maximum absolute atomic E-state index is 9.90. The molecular weight excluding hydrogens is 553 g/mol. The second-order valence-electron chi connectivity index (χ2n) is 11.0. The topological polar surface area (TPSA) is 0 Å². The summed E-state index contributed by atoms with van der Waals surface area (Å²) in [5.74, 6) is 0. The van der Waals surface area contributed by atoms with Gasteiger partial charge in [-0.3, -0.25) is 0 Å². The van der Waals surface area contributed by atoms with E-state index in [4.69, 9.17) is 12.3 Å². The molecule has 0 atom stereocenters. The Balaban J connectivity index is 1.45. The van der Waals surface area contributed by atoms with E-state index in [-0.39, 0.29) is 90.8 Å². The molecule has 0 unspecified atom stereocenters. The van der Waals surface area contributed by atoms with Crippen molar-refractivity contribution in [3.8, 4) is 44.5 Å². The second-order valence-corrected chi connectivity index (χ2v) is 11.0. The molecule has 0 aliphatic carbocycles. The van der Waals surface area contributed by atoms with Crippen molar-refractivity contribution in [2.45, 2.75) is 0 Å². The quantitative estimate of drug-likeness (QED) is 0.177. The van der Waals surface area contributed by atoms with Gasteiger partial charge in [-0.15, -0.1) is 0 Å². The Hall–Kier alpha value is -5.98. The van der Waals surface area contributed by atoms with Crippen molar-refractivity contribution in [1.82, 2.24) is 0 Å². The normalized spacial score (nSPS) is 15.7. The predicted octanol–water partition coefficient (Wildman–Crippen LogP) is 13.0. The van der Waals surface area contributed by atoms with Crippen LogP contribution in [0.1, 0.15) is 19.2 Å². The largest absolute Gasteiger partial charge is 0.0636 e. The molecule has 0 aliphatic rings. The van der Waals surface area contributed by atoms with E-state index in [0.717, 1.165) is 10.8 Å². The van der Waals surface area contributed by atoms with E-state index in [9.17, 15) is 6.85 Å². The maximum atomic E-state index is 9.90. The molecule has 0 bridgehead atoms. The highest BCUT2D eigenvalue weighted by Gasteiger charge is 2.19. The molecular formula is C46H30. The lowest BCUT2D eigenvalue weighted by Crippen LogP contribution is -1.92. The molecule has 214 valence electrons. The van der Waals surface area contributed by atoms with E-state index in [2.05, 4.69) is 0 Å². The van der Waals surface area contributed by atoms with Crippen LogP contribution in [0.25, 0.3) is 87.6 Å². The summed E-state index contributed by atoms with van der Waals surface area (Å²) in [6.45, 7) is 0. The molecule has 9 aromatic rings. The number of rotatable bonds is 4. The summed E-state index contributed by atoms with van der Waals surface area (Å²) in [7, 11) is 0. The van der Waals surface area contributed by atoms with Crippen molar-refractivity contribution in [2.24, 2.45) is 0 Å². The van der Waals surface area contributed by atoms with Gasteiger partial charge in [0, 0.05) is 0 Å². The molecule has 0 nitrogen and oxygen atoms in total. The first kappa shape index (κ1) is 15.8. The van der Waals surface area contributed by atoms with Gasteiger partial charge in [-0.2, -0.15) is 0 Å². The third kappa shape index (κ3) is 4.38. The number of fused-ring (bicyclic) bond motifs is 4. The smallest absolute Gasteiger partial charge is 0.0622 e. The Morgan fingerprint density at radius 2 is 0.913 bits per heavy atom. The van der Waals surface area contributed by atoms with Crippen LogP contribution < -0.4 is 0 Å². The first-order valence-corrected chi connectivity index (χ1v) is 14.8. The minimum atomic E-state index is -0.572. The Bertz CT molecular complexity index is 3340. The molecule has 9 rings (SSSR count). The SMILES string of the molecule is [2H]c1c([2H])c([2H])c2c([2H])c(-c3ccc(-c4c5c([2H])c([2H])c([2H])c([2H])c5c(-c5cccc6ccccc56)c5c([2H])c(-c6ccccc6)c([2H])c([2H])c45)cc3)c([2H])c([2H])c2c1[2H]. The third-order valence-electron chi connectivity index (χ3n) is 8.33. The molecule has 0 heteroatoms. The van der Waals surface area contributed by atoms with Crippen LogP contribution in [0.2, 0.25) is 0 Å². The van der Waals surface area contributed by atoms with Crippen LogP contribution in [0.5, 0.6) is 0 Å². The minimum Gasteiger partial charge on any atom is -0.0622 e. The van der Waals surface area contributed by atoms with E-state index in [1.165, 1.54) is 0 Å². The lowest BCUT2D eigenvalue weighted by Gasteiger charge is -2.20. The molecule has 0 amide bonds. The number of hydrogen-bond donors (Lipinski definition) is 0. The molecule has 0 saturated heterocycles. The zero-order valence-corrected chi connectivity index (χ0v) is 24.2. The van der Waals surface area contributed by atoms with Crippen molar-refractivity contribution >= 4 is 43.1 Å². The van der Waals surface area contributed by atoms with Gasteiger partial charge < -0.3 is 0 Å². The van der Waals surface area contributed by atoms with Gasteiger partial charge in [-0.1, -0.05) is 170 Å². The van der Waals surface area contributed by atoms with Crippen molar-refractivity contribution < 1.29 is 19.2 Å². The lowest BCUT2D eigenvalue weighted by atomic mass is 9.83. The first-order chi connectivity index (χ1) is 28.7. The molecule has 46 heavy (non-hydrogen) atoms. The Morgan fingerprint density at radius 3 is 1.76 bits per heavy atom. The summed E-state index contributed by atoms with van der Waals surface area (Å²) < 4.78 is 125. The highest BCUT2D eigenvalue weighted by Crippen LogP contribution is 2.46. The van der Waals surface area contributed by atoms with Crippen LogP contribution in [0.3, 0.4) is 0 Å². The summed E-state index contributed by atoms with van der Waals surface area (Å²) >= 11 is 0. The number of hydrogen-bond acceptors (Lipinski definition) is 0. The second kappa shape index (κ2) is 10.9. The van der Waals surface area contributed by atoms with Crippen LogP contribution in [-0.2, 0) is 0 Å². The molecule has 0 radical (unpaired) electrons. The van der Waals surface area contributed by atoms with Gasteiger partial charge in [0.2, 0.25) is 0 Å². The van der Waals surface area contributed by atoms with Crippen LogP contribution in [-0.4, -0.2) is 0 Å². The summed E-state index contributed by atoms with van der Waals surface area (Å²) in [6.07, 6.45) is 0. The molecule has 0 spiro atoms. The Kier molecular flexibility index (Phi) is 3.74. The molecule has 0 aliphatic heterocycles. The fourth-order valence-electron chi connectivity index (χ4n) is 6.20. The third-order valence-corrected chi connectivity index (χ3v) is 8.33. The van der Waals surface area contributed by atoms with Crippen molar-refractivity contribution in [3.63, 3.8) is 0 Å². The molecule has 9 aromatic carbocycles. The predicted molar refractivity (Wildman–Crippen MR) is 198 cm³/mol. The van der Waals surface area contributed by atoms with E-state index in [0.29, 0.717) is 22.3 Å². The molecule has 0 N–H and O–H groups in total. The molecule has 0 heterocycles. The summed E-state index contributed by atoms with van der Waals surface area (Å²) in [6, 6.07) is 22.5. The first-order valence-electron chi connectivity index (χ1n) is 21.8. The summed E-state index contributed by atoms with van der Waals surface area (Å²) in [4.78, 5) is 0. The fraction of sp³-hybridized carbons (Fsp3) is 0. The van der Waals surface area contributed by atoms with Gasteiger partial charge >= 0.3 is 0 Å². The van der Waals surface area contributed by atoms with Gasteiger partial charge in [-0.05, 0) is 99.7 Å². The molecule has 0 saturated carbocycles. The lowest BCUT2D eigenvalue weighted by molar-refractivity contribution is 1.62. The van der Waals surface area contributed by atoms with Gasteiger partial charge in [0.25, 0.3) is 0 Å². The highest BCUT2D eigenvalue weighted by molar-refractivity contribution is 6.24. The van der Waals surface area contributed by atoms with Crippen LogP contribution in [0.4, 0.5) is 0 Å². The van der Waals surface area contributed by atoms with E-state index >= 15 is 0 Å². The molecule has 0 aromatic heterocycles. The average molecular weight is 597 g/mol. The van der Waals surface area contributed by atoms with Crippen molar-refractivity contribution in [1.29, 1.82) is 0 Å². The zero-order valence-electron chi connectivity index (χ0n) is 38.2. The van der Waals surface area contributed by atoms with Gasteiger partial charge in [0.15, 0.2) is 0 Å². The minimum absolute atomic E-state index is 0.0532. The van der Waals surface area contributed by atoms with E-state index in [1.807, 2.05) is 42.5 Å². The maximum Gasteiger partial charge on any atom is 0.0636 e. The van der Waals surface area contributed by atoms with Crippen LogP contribution in [0.15, 0.2) is 182 Å². The van der Waals surface area contributed by atoms with Gasteiger partial charge in [-0.25, -0.2) is 0 Å². The van der Waals surface area contributed by atoms with Crippen LogP contribution in [0, 0.1) is 0 Å². The Morgan fingerprint density at radius 1 is 0.304 bits per heavy atom. The standard InChI is InChI=1S/C46H30/c1-2-11-31(12-3-1)38-27-28-43-44(30-38)46(40-20-10-16-34-14-6-7-17-39(34)40)42-19-9-8-18-41(42)45(43)35-24-21-33(22-25-35)37-26-23-32-13-4-5-15-36(32)29-37/h1-30H/i4D,5D,8D,9D,13D,15D,18D,19D,23D,26D,27D,28D,29D,30D. The Labute approximate surface area is 288 Å². The highest BCUT2D eigenvalue weighted by atomic mass is 14.2. The summed E-state index contributed by atoms with van der Waals surface area (Å²) in [5.41, 5.74) is 2.34. The number of benzene rings is 9. The molecule has 0 fully saturated rings. The zero-order chi connectivity index (χ0) is 42.6. The monoisotopic (exact) mass is 596 g/mol. The average Bonchev–Trinajstić information content (AvgIpc) is 3.26. The van der Waals surface area contributed by atoms with Gasteiger partial charge in [0.05, 0.1) is 19.2 Å². The van der Waals surface area contributed by atoms with E-state index in [1.54, 1.807) is 54.6 Å². The van der Waals surface area contributed by atoms with E-state index < -0.39 is 48.3 Å². The fourth-order valence-corrected chi connectivity index (χ4v) is 6.20. The summed E-state index contributed by atoms with van der Waals surface area (Å²) in [5, 5.41) is 1.70.